The summed E-state index contributed by atoms with van der Waals surface area (Å²) in [5.41, 5.74) is 1.55. The van der Waals surface area contributed by atoms with Crippen molar-refractivity contribution in [3.8, 4) is 11.5 Å². The van der Waals surface area contributed by atoms with E-state index in [4.69, 9.17) is 14.2 Å². The summed E-state index contributed by atoms with van der Waals surface area (Å²) in [5, 5.41) is 2.85. The fourth-order valence-corrected chi connectivity index (χ4v) is 5.08. The van der Waals surface area contributed by atoms with Crippen LogP contribution in [0.25, 0.3) is 0 Å². The second-order valence-corrected chi connectivity index (χ2v) is 9.75. The number of nitrogens with zero attached hydrogens (tertiary/aromatic N) is 2. The minimum atomic E-state index is -3.56. The van der Waals surface area contributed by atoms with E-state index >= 15 is 0 Å². The minimum absolute atomic E-state index is 0.177. The van der Waals surface area contributed by atoms with Crippen molar-refractivity contribution in [2.45, 2.75) is 25.3 Å². The number of carbonyl (C=O) groups is 1. The SMILES string of the molecule is CCOc1ccc(CN(CC)CC(=O)Nc2ccc(S(=O)(=O)N3CCOCC3)cc2)cc1OC. The van der Waals surface area contributed by atoms with Gasteiger partial charge >= 0.3 is 0 Å². The molecule has 0 unspecified atom stereocenters. The highest BCUT2D eigenvalue weighted by atomic mass is 32.2. The van der Waals surface area contributed by atoms with Crippen LogP contribution in [0.1, 0.15) is 19.4 Å². The van der Waals surface area contributed by atoms with Crippen molar-refractivity contribution in [1.82, 2.24) is 9.21 Å². The lowest BCUT2D eigenvalue weighted by Crippen LogP contribution is -2.40. The lowest BCUT2D eigenvalue weighted by molar-refractivity contribution is -0.117. The maximum Gasteiger partial charge on any atom is 0.243 e. The van der Waals surface area contributed by atoms with Crippen molar-refractivity contribution in [2.75, 3.05) is 58.4 Å². The zero-order valence-electron chi connectivity index (χ0n) is 20.0. The third-order valence-electron chi connectivity index (χ3n) is 5.49. The van der Waals surface area contributed by atoms with Gasteiger partial charge in [0, 0.05) is 25.3 Å². The first-order chi connectivity index (χ1) is 16.4. The number of carbonyl (C=O) groups excluding carboxylic acids is 1. The molecule has 1 heterocycles. The lowest BCUT2D eigenvalue weighted by atomic mass is 10.2. The molecule has 34 heavy (non-hydrogen) atoms. The van der Waals surface area contributed by atoms with Gasteiger partial charge in [-0.2, -0.15) is 4.31 Å². The Kier molecular flexibility index (Phi) is 9.28. The average Bonchev–Trinajstić information content (AvgIpc) is 2.85. The van der Waals surface area contributed by atoms with Gasteiger partial charge < -0.3 is 19.5 Å². The maximum absolute atomic E-state index is 12.7. The lowest BCUT2D eigenvalue weighted by Gasteiger charge is -2.26. The van der Waals surface area contributed by atoms with Crippen molar-refractivity contribution < 1.29 is 27.4 Å². The van der Waals surface area contributed by atoms with Gasteiger partial charge in [-0.3, -0.25) is 9.69 Å². The molecule has 0 spiro atoms. The summed E-state index contributed by atoms with van der Waals surface area (Å²) in [6, 6.07) is 12.0. The highest BCUT2D eigenvalue weighted by Crippen LogP contribution is 2.28. The van der Waals surface area contributed by atoms with Crippen LogP contribution in [0.4, 0.5) is 5.69 Å². The van der Waals surface area contributed by atoms with Crippen LogP contribution in [0, 0.1) is 0 Å². The molecule has 2 aromatic carbocycles. The number of morpholine rings is 1. The van der Waals surface area contributed by atoms with Crippen LogP contribution < -0.4 is 14.8 Å². The first kappa shape index (κ1) is 26.0. The summed E-state index contributed by atoms with van der Waals surface area (Å²) in [6.45, 7) is 7.38. The Morgan fingerprint density at radius 1 is 1.09 bits per heavy atom. The van der Waals surface area contributed by atoms with Gasteiger partial charge in [-0.25, -0.2) is 8.42 Å². The quantitative estimate of drug-likeness (QED) is 0.516. The number of amides is 1. The number of benzene rings is 2. The second kappa shape index (κ2) is 12.2. The number of likely N-dealkylation sites (N-methyl/N-ethyl adjacent to an activating group) is 1. The summed E-state index contributed by atoms with van der Waals surface area (Å²) in [7, 11) is -1.96. The molecule has 9 nitrogen and oxygen atoms in total. The van der Waals surface area contributed by atoms with Gasteiger partial charge in [-0.15, -0.1) is 0 Å². The largest absolute Gasteiger partial charge is 0.493 e. The van der Waals surface area contributed by atoms with Crippen molar-refractivity contribution in [2.24, 2.45) is 0 Å². The summed E-state index contributed by atoms with van der Waals surface area (Å²) < 4.78 is 43.1. The molecule has 1 N–H and O–H groups in total. The summed E-state index contributed by atoms with van der Waals surface area (Å²) in [4.78, 5) is 14.8. The Bertz CT molecular complexity index is 1050. The van der Waals surface area contributed by atoms with E-state index in [1.807, 2.05) is 36.9 Å². The second-order valence-electron chi connectivity index (χ2n) is 7.81. The molecule has 1 fully saturated rings. The predicted octanol–water partition coefficient (Wildman–Crippen LogP) is 2.58. The molecular formula is C24H33N3O6S. The van der Waals surface area contributed by atoms with E-state index < -0.39 is 10.0 Å². The molecule has 0 aromatic heterocycles. The predicted molar refractivity (Wildman–Crippen MR) is 130 cm³/mol. The Hall–Kier alpha value is -2.66. The first-order valence-electron chi connectivity index (χ1n) is 11.4. The van der Waals surface area contributed by atoms with Gasteiger partial charge in [0.1, 0.15) is 0 Å². The molecule has 0 aliphatic carbocycles. The molecule has 3 rings (SSSR count). The molecular weight excluding hydrogens is 458 g/mol. The molecule has 0 atom stereocenters. The molecule has 1 saturated heterocycles. The summed E-state index contributed by atoms with van der Waals surface area (Å²) in [6.07, 6.45) is 0. The van der Waals surface area contributed by atoms with E-state index in [1.54, 1.807) is 19.2 Å². The number of hydrogen-bond donors (Lipinski definition) is 1. The molecule has 10 heteroatoms. The topological polar surface area (TPSA) is 97.4 Å². The van der Waals surface area contributed by atoms with Crippen LogP contribution in [0.5, 0.6) is 11.5 Å². The molecule has 1 amide bonds. The van der Waals surface area contributed by atoms with Crippen molar-refractivity contribution in [1.29, 1.82) is 0 Å². The first-order valence-corrected chi connectivity index (χ1v) is 12.8. The molecule has 0 bridgehead atoms. The third kappa shape index (κ3) is 6.69. The van der Waals surface area contributed by atoms with E-state index in [0.717, 1.165) is 5.56 Å². The van der Waals surface area contributed by atoms with Gasteiger partial charge in [0.25, 0.3) is 0 Å². The van der Waals surface area contributed by atoms with Gasteiger partial charge in [0.05, 0.1) is 38.4 Å². The Labute approximate surface area is 201 Å². The van der Waals surface area contributed by atoms with Crippen LogP contribution in [0.15, 0.2) is 47.4 Å². The summed E-state index contributed by atoms with van der Waals surface area (Å²) >= 11 is 0. The van der Waals surface area contributed by atoms with E-state index in [9.17, 15) is 13.2 Å². The average molecular weight is 492 g/mol. The fraction of sp³-hybridized carbons (Fsp3) is 0.458. The van der Waals surface area contributed by atoms with E-state index in [1.165, 1.54) is 16.4 Å². The van der Waals surface area contributed by atoms with Gasteiger partial charge in [-0.1, -0.05) is 13.0 Å². The number of nitrogens with one attached hydrogen (secondary N) is 1. The van der Waals surface area contributed by atoms with Crippen LogP contribution in [-0.4, -0.2) is 76.6 Å². The van der Waals surface area contributed by atoms with Crippen LogP contribution in [0.2, 0.25) is 0 Å². The number of rotatable bonds is 11. The van der Waals surface area contributed by atoms with Gasteiger partial charge in [0.2, 0.25) is 15.9 Å². The Morgan fingerprint density at radius 2 is 1.79 bits per heavy atom. The highest BCUT2D eigenvalue weighted by molar-refractivity contribution is 7.89. The van der Waals surface area contributed by atoms with Crippen molar-refractivity contribution in [3.05, 3.63) is 48.0 Å². The molecule has 1 aliphatic rings. The number of anilines is 1. The Morgan fingerprint density at radius 3 is 2.41 bits per heavy atom. The molecule has 186 valence electrons. The summed E-state index contributed by atoms with van der Waals surface area (Å²) in [5.74, 6) is 1.17. The molecule has 1 aliphatic heterocycles. The maximum atomic E-state index is 12.7. The zero-order chi connectivity index (χ0) is 24.6. The Balaban J connectivity index is 1.58. The van der Waals surface area contributed by atoms with Crippen molar-refractivity contribution in [3.63, 3.8) is 0 Å². The molecule has 2 aromatic rings. The van der Waals surface area contributed by atoms with Crippen LogP contribution in [-0.2, 0) is 26.1 Å². The smallest absolute Gasteiger partial charge is 0.243 e. The number of methoxy groups -OCH3 is 1. The fourth-order valence-electron chi connectivity index (χ4n) is 3.67. The van der Waals surface area contributed by atoms with Gasteiger partial charge in [0.15, 0.2) is 11.5 Å². The number of hydrogen-bond acceptors (Lipinski definition) is 7. The molecule has 0 saturated carbocycles. The van der Waals surface area contributed by atoms with Crippen LogP contribution in [0.3, 0.4) is 0 Å². The third-order valence-corrected chi connectivity index (χ3v) is 7.41. The normalized spacial score (nSPS) is 14.7. The van der Waals surface area contributed by atoms with Crippen LogP contribution >= 0.6 is 0 Å². The molecule has 0 radical (unpaired) electrons. The van der Waals surface area contributed by atoms with Crippen molar-refractivity contribution >= 4 is 21.6 Å². The van der Waals surface area contributed by atoms with Gasteiger partial charge in [-0.05, 0) is 55.4 Å². The van der Waals surface area contributed by atoms with E-state index in [-0.39, 0.29) is 17.3 Å². The standard InChI is InChI=1S/C24H33N3O6S/c1-4-26(17-19-6-11-22(33-5-2)23(16-19)31-3)18-24(28)25-20-7-9-21(10-8-20)34(29,30)27-12-14-32-15-13-27/h6-11,16H,4-5,12-15,17-18H2,1-3H3,(H,25,28). The number of sulfonamides is 1. The van der Waals surface area contributed by atoms with E-state index in [2.05, 4.69) is 5.32 Å². The number of ether oxygens (including phenoxy) is 3. The highest BCUT2D eigenvalue weighted by Gasteiger charge is 2.26. The zero-order valence-corrected chi connectivity index (χ0v) is 20.8. The van der Waals surface area contributed by atoms with E-state index in [0.29, 0.717) is 63.2 Å². The minimum Gasteiger partial charge on any atom is -0.493 e. The monoisotopic (exact) mass is 491 g/mol.